The summed E-state index contributed by atoms with van der Waals surface area (Å²) in [5.74, 6) is -1.11. The van der Waals surface area contributed by atoms with E-state index >= 15 is 0 Å². The van der Waals surface area contributed by atoms with Gasteiger partial charge in [-0.1, -0.05) is 30.3 Å². The van der Waals surface area contributed by atoms with Crippen molar-refractivity contribution in [2.75, 3.05) is 14.2 Å². The van der Waals surface area contributed by atoms with Gasteiger partial charge < -0.3 is 13.9 Å². The summed E-state index contributed by atoms with van der Waals surface area (Å²) in [5, 5.41) is 0. The van der Waals surface area contributed by atoms with Crippen LogP contribution in [0.15, 0.2) is 42.7 Å². The Bertz CT molecular complexity index is 848. The number of esters is 2. The van der Waals surface area contributed by atoms with Crippen molar-refractivity contribution in [1.29, 1.82) is 0 Å². The van der Waals surface area contributed by atoms with E-state index in [1.807, 2.05) is 36.5 Å². The lowest BCUT2D eigenvalue weighted by Gasteiger charge is -2.00. The molecule has 0 radical (unpaired) electrons. The predicted octanol–water partition coefficient (Wildman–Crippen LogP) is 3.24. The first kappa shape index (κ1) is 14.3. The fraction of sp³-hybridized carbons (Fsp3) is 0.125. The van der Waals surface area contributed by atoms with Gasteiger partial charge in [0.2, 0.25) is 0 Å². The molecule has 3 aromatic rings. The van der Waals surface area contributed by atoms with Gasteiger partial charge in [0.05, 0.1) is 24.7 Å². The number of ether oxygens (including phenoxy) is 2. The van der Waals surface area contributed by atoms with Crippen LogP contribution in [-0.4, -0.2) is 30.6 Å². The van der Waals surface area contributed by atoms with E-state index in [1.54, 1.807) is 10.6 Å². The molecule has 3 rings (SSSR count). The van der Waals surface area contributed by atoms with Crippen molar-refractivity contribution >= 4 is 28.1 Å². The minimum Gasteiger partial charge on any atom is -0.465 e. The third-order valence-electron chi connectivity index (χ3n) is 3.30. The second-order valence-electron chi connectivity index (χ2n) is 4.57. The summed E-state index contributed by atoms with van der Waals surface area (Å²) in [5.41, 5.74) is 1.49. The number of carbonyl (C=O) groups is 2. The Balaban J connectivity index is 2.19. The minimum absolute atomic E-state index is 0.209. The molecule has 0 unspecified atom stereocenters. The van der Waals surface area contributed by atoms with Crippen molar-refractivity contribution in [1.82, 2.24) is 4.40 Å². The van der Waals surface area contributed by atoms with Gasteiger partial charge >= 0.3 is 11.9 Å². The second-order valence-corrected chi connectivity index (χ2v) is 5.61. The van der Waals surface area contributed by atoms with Crippen LogP contribution in [0.4, 0.5) is 0 Å². The number of methoxy groups -OCH3 is 2. The number of carbonyl (C=O) groups excluding carboxylic acids is 2. The van der Waals surface area contributed by atoms with Crippen molar-refractivity contribution < 1.29 is 19.1 Å². The third-order valence-corrected chi connectivity index (χ3v) is 4.47. The van der Waals surface area contributed by atoms with Crippen molar-refractivity contribution in [3.8, 4) is 10.4 Å². The number of benzene rings is 1. The summed E-state index contributed by atoms with van der Waals surface area (Å²) in [7, 11) is 2.57. The quantitative estimate of drug-likeness (QED) is 0.696. The Morgan fingerprint density at radius 2 is 1.68 bits per heavy atom. The van der Waals surface area contributed by atoms with E-state index in [1.165, 1.54) is 25.6 Å². The normalized spacial score (nSPS) is 10.6. The molecule has 22 heavy (non-hydrogen) atoms. The molecule has 0 bridgehead atoms. The standard InChI is InChI=1S/C16H13NO4S/c1-20-15(18)11-8-17-9-12(10-6-4-3-5-7-10)22-14(17)13(11)16(19)21-2/h3-9H,1-2H3. The van der Waals surface area contributed by atoms with Crippen LogP contribution in [0.1, 0.15) is 20.7 Å². The first-order valence-corrected chi connectivity index (χ1v) is 7.34. The molecule has 0 spiro atoms. The number of hydrogen-bond acceptors (Lipinski definition) is 5. The van der Waals surface area contributed by atoms with Gasteiger partial charge in [0.1, 0.15) is 10.4 Å². The van der Waals surface area contributed by atoms with Gasteiger partial charge in [-0.05, 0) is 5.56 Å². The highest BCUT2D eigenvalue weighted by Crippen LogP contribution is 2.33. The first-order chi connectivity index (χ1) is 10.7. The zero-order chi connectivity index (χ0) is 15.7. The number of hydrogen-bond donors (Lipinski definition) is 0. The summed E-state index contributed by atoms with van der Waals surface area (Å²) in [6.07, 6.45) is 3.48. The minimum atomic E-state index is -0.558. The van der Waals surface area contributed by atoms with Crippen LogP contribution in [0.3, 0.4) is 0 Å². The Morgan fingerprint density at radius 1 is 1.00 bits per heavy atom. The van der Waals surface area contributed by atoms with Crippen molar-refractivity contribution in [3.63, 3.8) is 0 Å². The van der Waals surface area contributed by atoms with E-state index in [2.05, 4.69) is 0 Å². The van der Waals surface area contributed by atoms with Crippen LogP contribution in [0, 0.1) is 0 Å². The summed E-state index contributed by atoms with van der Waals surface area (Å²) in [6.45, 7) is 0. The lowest BCUT2D eigenvalue weighted by molar-refractivity contribution is 0.0558. The van der Waals surface area contributed by atoms with Gasteiger partial charge in [-0.15, -0.1) is 11.3 Å². The van der Waals surface area contributed by atoms with Crippen molar-refractivity contribution in [2.24, 2.45) is 0 Å². The van der Waals surface area contributed by atoms with Gasteiger partial charge in [-0.25, -0.2) is 9.59 Å². The zero-order valence-corrected chi connectivity index (χ0v) is 12.8. The number of aromatic nitrogens is 1. The summed E-state index contributed by atoms with van der Waals surface area (Å²) >= 11 is 1.42. The maximum atomic E-state index is 12.0. The zero-order valence-electron chi connectivity index (χ0n) is 12.0. The van der Waals surface area contributed by atoms with E-state index < -0.39 is 11.9 Å². The molecular formula is C16H13NO4S. The molecule has 6 heteroatoms. The summed E-state index contributed by atoms with van der Waals surface area (Å²) in [4.78, 5) is 25.5. The molecule has 0 aliphatic carbocycles. The Morgan fingerprint density at radius 3 is 2.32 bits per heavy atom. The van der Waals surface area contributed by atoms with Crippen LogP contribution in [0.25, 0.3) is 15.3 Å². The smallest absolute Gasteiger partial charge is 0.341 e. The van der Waals surface area contributed by atoms with E-state index in [4.69, 9.17) is 9.47 Å². The van der Waals surface area contributed by atoms with E-state index in [0.717, 1.165) is 10.4 Å². The topological polar surface area (TPSA) is 57.0 Å². The number of rotatable bonds is 3. The molecule has 0 amide bonds. The third kappa shape index (κ3) is 2.27. The molecule has 2 aromatic heterocycles. The number of nitrogens with zero attached hydrogens (tertiary/aromatic N) is 1. The lowest BCUT2D eigenvalue weighted by atomic mass is 10.2. The second kappa shape index (κ2) is 5.65. The SMILES string of the molecule is COC(=O)c1cn2cc(-c3ccccc3)sc2c1C(=O)OC. The molecule has 0 saturated carbocycles. The fourth-order valence-electron chi connectivity index (χ4n) is 2.26. The summed E-state index contributed by atoms with van der Waals surface area (Å²) in [6, 6.07) is 9.82. The maximum Gasteiger partial charge on any atom is 0.341 e. The van der Waals surface area contributed by atoms with Crippen molar-refractivity contribution in [3.05, 3.63) is 53.9 Å². The molecule has 0 fully saturated rings. The molecule has 1 aromatic carbocycles. The fourth-order valence-corrected chi connectivity index (χ4v) is 3.40. The molecular weight excluding hydrogens is 302 g/mol. The van der Waals surface area contributed by atoms with Gasteiger partial charge in [0, 0.05) is 12.4 Å². The maximum absolute atomic E-state index is 12.0. The van der Waals surface area contributed by atoms with Crippen LogP contribution >= 0.6 is 11.3 Å². The Hall–Kier alpha value is -2.60. The molecule has 2 heterocycles. The van der Waals surface area contributed by atoms with E-state index in [-0.39, 0.29) is 11.1 Å². The van der Waals surface area contributed by atoms with Crippen LogP contribution in [0.2, 0.25) is 0 Å². The Labute approximate surface area is 130 Å². The molecule has 0 atom stereocenters. The van der Waals surface area contributed by atoms with Crippen LogP contribution < -0.4 is 0 Å². The molecule has 0 N–H and O–H groups in total. The van der Waals surface area contributed by atoms with Gasteiger partial charge in [0.15, 0.2) is 0 Å². The molecule has 0 aliphatic rings. The first-order valence-electron chi connectivity index (χ1n) is 6.52. The number of fused-ring (bicyclic) bond motifs is 1. The van der Waals surface area contributed by atoms with E-state index in [0.29, 0.717) is 4.83 Å². The average Bonchev–Trinajstić information content (AvgIpc) is 3.11. The monoisotopic (exact) mass is 315 g/mol. The van der Waals surface area contributed by atoms with Crippen LogP contribution in [-0.2, 0) is 9.47 Å². The van der Waals surface area contributed by atoms with E-state index in [9.17, 15) is 9.59 Å². The molecule has 0 aliphatic heterocycles. The Kier molecular flexibility index (Phi) is 3.68. The highest BCUT2D eigenvalue weighted by atomic mass is 32.1. The predicted molar refractivity (Wildman–Crippen MR) is 83.4 cm³/mol. The van der Waals surface area contributed by atoms with Crippen molar-refractivity contribution in [2.45, 2.75) is 0 Å². The highest BCUT2D eigenvalue weighted by Gasteiger charge is 2.25. The molecule has 5 nitrogen and oxygen atoms in total. The van der Waals surface area contributed by atoms with Gasteiger partial charge in [-0.3, -0.25) is 0 Å². The summed E-state index contributed by atoms with van der Waals surface area (Å²) < 4.78 is 11.3. The van der Waals surface area contributed by atoms with Gasteiger partial charge in [0.25, 0.3) is 0 Å². The highest BCUT2D eigenvalue weighted by molar-refractivity contribution is 7.21. The molecule has 112 valence electrons. The lowest BCUT2D eigenvalue weighted by Crippen LogP contribution is -2.09. The molecule has 0 saturated heterocycles. The van der Waals surface area contributed by atoms with Crippen LogP contribution in [0.5, 0.6) is 0 Å². The average molecular weight is 315 g/mol. The largest absolute Gasteiger partial charge is 0.465 e. The van der Waals surface area contributed by atoms with Gasteiger partial charge in [-0.2, -0.15) is 0 Å². The number of thiazole rings is 1.